The molecule has 1 fully saturated rings. The fraction of sp³-hybridized carbons (Fsp3) is 0.429. The van der Waals surface area contributed by atoms with Gasteiger partial charge in [-0.05, 0) is 26.7 Å². The molecule has 0 bridgehead atoms. The molecule has 0 saturated carbocycles. The Morgan fingerprint density at radius 2 is 2.06 bits per heavy atom. The lowest BCUT2D eigenvalue weighted by molar-refractivity contribution is -0.146. The lowest BCUT2D eigenvalue weighted by Gasteiger charge is -2.19. The van der Waals surface area contributed by atoms with E-state index < -0.39 is 11.4 Å². The minimum atomic E-state index is -1.06. The Bertz CT molecular complexity index is 386. The SMILES string of the molecule is C=CCC1(C/C=C(/C)C(=C)C)C(=O)COC1=O. The Morgan fingerprint density at radius 3 is 2.47 bits per heavy atom. The summed E-state index contributed by atoms with van der Waals surface area (Å²) in [5.74, 6) is -0.596. The summed E-state index contributed by atoms with van der Waals surface area (Å²) < 4.78 is 4.84. The summed E-state index contributed by atoms with van der Waals surface area (Å²) in [5, 5.41) is 0. The van der Waals surface area contributed by atoms with Crippen molar-refractivity contribution in [3.8, 4) is 0 Å². The largest absolute Gasteiger partial charge is 0.457 e. The van der Waals surface area contributed by atoms with Gasteiger partial charge in [0.15, 0.2) is 12.4 Å². The molecule has 3 nitrogen and oxygen atoms in total. The number of ether oxygens (including phenoxy) is 1. The third-order valence-corrected chi connectivity index (χ3v) is 3.18. The van der Waals surface area contributed by atoms with Crippen LogP contribution in [-0.2, 0) is 14.3 Å². The Morgan fingerprint density at radius 1 is 1.41 bits per heavy atom. The first-order valence-electron chi connectivity index (χ1n) is 5.58. The molecule has 3 heteroatoms. The third-order valence-electron chi connectivity index (χ3n) is 3.18. The number of allylic oxidation sites excluding steroid dienone is 4. The molecular weight excluding hydrogens is 216 g/mol. The van der Waals surface area contributed by atoms with Gasteiger partial charge < -0.3 is 4.74 Å². The first kappa shape index (κ1) is 13.4. The van der Waals surface area contributed by atoms with Gasteiger partial charge in [-0.15, -0.1) is 6.58 Å². The van der Waals surface area contributed by atoms with Crippen LogP contribution >= 0.6 is 0 Å². The summed E-state index contributed by atoms with van der Waals surface area (Å²) in [6.07, 6.45) is 4.14. The quantitative estimate of drug-likeness (QED) is 0.318. The number of carbonyl (C=O) groups is 2. The zero-order chi connectivity index (χ0) is 13.1. The van der Waals surface area contributed by atoms with Crippen LogP contribution in [0.2, 0.25) is 0 Å². The average Bonchev–Trinajstić information content (AvgIpc) is 2.55. The topological polar surface area (TPSA) is 43.4 Å². The van der Waals surface area contributed by atoms with Crippen molar-refractivity contribution in [1.29, 1.82) is 0 Å². The zero-order valence-electron chi connectivity index (χ0n) is 10.4. The van der Waals surface area contributed by atoms with Gasteiger partial charge in [0.2, 0.25) is 0 Å². The highest BCUT2D eigenvalue weighted by Crippen LogP contribution is 2.36. The van der Waals surface area contributed by atoms with Gasteiger partial charge in [0.25, 0.3) is 0 Å². The predicted molar refractivity (Wildman–Crippen MR) is 66.4 cm³/mol. The van der Waals surface area contributed by atoms with Crippen molar-refractivity contribution >= 4 is 11.8 Å². The highest BCUT2D eigenvalue weighted by atomic mass is 16.5. The molecule has 1 atom stereocenters. The second-order valence-corrected chi connectivity index (χ2v) is 4.45. The molecule has 1 aliphatic rings. The van der Waals surface area contributed by atoms with E-state index in [1.807, 2.05) is 19.9 Å². The summed E-state index contributed by atoms with van der Waals surface area (Å²) in [7, 11) is 0. The van der Waals surface area contributed by atoms with Crippen LogP contribution in [0, 0.1) is 5.41 Å². The predicted octanol–water partition coefficient (Wildman–Crippen LogP) is 2.59. The smallest absolute Gasteiger partial charge is 0.320 e. The van der Waals surface area contributed by atoms with Crippen LogP contribution in [0.5, 0.6) is 0 Å². The van der Waals surface area contributed by atoms with E-state index in [1.54, 1.807) is 6.08 Å². The number of rotatable bonds is 5. The number of cyclic esters (lactones) is 1. The fourth-order valence-corrected chi connectivity index (χ4v) is 1.75. The average molecular weight is 234 g/mol. The van der Waals surface area contributed by atoms with Gasteiger partial charge in [0, 0.05) is 0 Å². The molecule has 0 aromatic heterocycles. The van der Waals surface area contributed by atoms with E-state index in [-0.39, 0.29) is 12.4 Å². The standard InChI is InChI=1S/C14H18O3/c1-5-7-14(8-6-11(4)10(2)3)12(15)9-17-13(14)16/h5-6H,1-2,7-9H2,3-4H3/b11-6-. The molecule has 0 aromatic carbocycles. The Balaban J connectivity index is 2.97. The fourth-order valence-electron chi connectivity index (χ4n) is 1.75. The minimum absolute atomic E-state index is 0.118. The summed E-state index contributed by atoms with van der Waals surface area (Å²) >= 11 is 0. The first-order valence-corrected chi connectivity index (χ1v) is 5.58. The highest BCUT2D eigenvalue weighted by molar-refractivity contribution is 6.09. The van der Waals surface area contributed by atoms with Gasteiger partial charge >= 0.3 is 5.97 Å². The van der Waals surface area contributed by atoms with E-state index in [0.717, 1.165) is 11.1 Å². The molecule has 1 saturated heterocycles. The van der Waals surface area contributed by atoms with Crippen molar-refractivity contribution in [2.45, 2.75) is 26.7 Å². The maximum atomic E-state index is 11.8. The zero-order valence-corrected chi connectivity index (χ0v) is 10.4. The molecule has 1 heterocycles. The van der Waals surface area contributed by atoms with Gasteiger partial charge in [0.1, 0.15) is 5.41 Å². The maximum Gasteiger partial charge on any atom is 0.320 e. The summed E-state index contributed by atoms with van der Waals surface area (Å²) in [5.41, 5.74) is 0.858. The molecule has 0 aromatic rings. The van der Waals surface area contributed by atoms with Crippen molar-refractivity contribution in [2.24, 2.45) is 5.41 Å². The van der Waals surface area contributed by atoms with Gasteiger partial charge in [-0.1, -0.05) is 29.9 Å². The summed E-state index contributed by atoms with van der Waals surface area (Å²) in [6.45, 7) is 11.1. The monoisotopic (exact) mass is 234 g/mol. The van der Waals surface area contributed by atoms with Crippen LogP contribution in [0.1, 0.15) is 26.7 Å². The van der Waals surface area contributed by atoms with Crippen LogP contribution in [0.4, 0.5) is 0 Å². The Labute approximate surface area is 102 Å². The first-order chi connectivity index (χ1) is 7.94. The number of Topliss-reactive ketones (excluding diaryl/α,β-unsaturated/α-hetero) is 1. The van der Waals surface area contributed by atoms with Crippen molar-refractivity contribution < 1.29 is 14.3 Å². The van der Waals surface area contributed by atoms with Gasteiger partial charge in [-0.2, -0.15) is 0 Å². The summed E-state index contributed by atoms with van der Waals surface area (Å²) in [6, 6.07) is 0. The van der Waals surface area contributed by atoms with Crippen LogP contribution in [0.15, 0.2) is 36.5 Å². The molecule has 0 radical (unpaired) electrons. The van der Waals surface area contributed by atoms with Crippen LogP contribution < -0.4 is 0 Å². The molecule has 1 unspecified atom stereocenters. The Kier molecular flexibility index (Phi) is 4.05. The minimum Gasteiger partial charge on any atom is -0.457 e. The number of hydrogen-bond acceptors (Lipinski definition) is 3. The second kappa shape index (κ2) is 5.13. The van der Waals surface area contributed by atoms with Crippen LogP contribution in [0.25, 0.3) is 0 Å². The molecule has 17 heavy (non-hydrogen) atoms. The van der Waals surface area contributed by atoms with Crippen LogP contribution in [-0.4, -0.2) is 18.4 Å². The molecule has 0 aliphatic carbocycles. The van der Waals surface area contributed by atoms with Crippen LogP contribution in [0.3, 0.4) is 0 Å². The van der Waals surface area contributed by atoms with E-state index in [1.165, 1.54) is 0 Å². The molecule has 1 rings (SSSR count). The number of hydrogen-bond donors (Lipinski definition) is 0. The van der Waals surface area contributed by atoms with Crippen molar-refractivity contribution in [3.63, 3.8) is 0 Å². The highest BCUT2D eigenvalue weighted by Gasteiger charge is 2.50. The third kappa shape index (κ3) is 2.54. The number of esters is 1. The molecule has 0 N–H and O–H groups in total. The molecule has 1 aliphatic heterocycles. The normalized spacial score (nSPS) is 24.7. The van der Waals surface area contributed by atoms with E-state index in [4.69, 9.17) is 4.74 Å². The van der Waals surface area contributed by atoms with Gasteiger partial charge in [0.05, 0.1) is 0 Å². The molecule has 92 valence electrons. The van der Waals surface area contributed by atoms with Crippen molar-refractivity contribution in [1.82, 2.24) is 0 Å². The summed E-state index contributed by atoms with van der Waals surface area (Å²) in [4.78, 5) is 23.6. The van der Waals surface area contributed by atoms with Crippen molar-refractivity contribution in [3.05, 3.63) is 36.5 Å². The molecular formula is C14H18O3. The van der Waals surface area contributed by atoms with Gasteiger partial charge in [-0.3, -0.25) is 9.59 Å². The van der Waals surface area contributed by atoms with Gasteiger partial charge in [-0.25, -0.2) is 0 Å². The van der Waals surface area contributed by atoms with E-state index in [2.05, 4.69) is 13.2 Å². The van der Waals surface area contributed by atoms with E-state index in [9.17, 15) is 9.59 Å². The maximum absolute atomic E-state index is 11.8. The lowest BCUT2D eigenvalue weighted by atomic mass is 9.78. The van der Waals surface area contributed by atoms with E-state index in [0.29, 0.717) is 12.8 Å². The number of carbonyl (C=O) groups excluding carboxylic acids is 2. The van der Waals surface area contributed by atoms with E-state index >= 15 is 0 Å². The number of ketones is 1. The lowest BCUT2D eigenvalue weighted by Crippen LogP contribution is -2.32. The molecule has 0 amide bonds. The molecule has 0 spiro atoms. The Hall–Kier alpha value is -1.64. The van der Waals surface area contributed by atoms with Crippen molar-refractivity contribution in [2.75, 3.05) is 6.61 Å². The second-order valence-electron chi connectivity index (χ2n) is 4.45.